The van der Waals surface area contributed by atoms with Gasteiger partial charge in [-0.25, -0.2) is 17.5 Å². The van der Waals surface area contributed by atoms with E-state index in [0.29, 0.717) is 17.5 Å². The van der Waals surface area contributed by atoms with E-state index >= 15 is 0 Å². The van der Waals surface area contributed by atoms with Crippen molar-refractivity contribution in [3.05, 3.63) is 53.1 Å². The lowest BCUT2D eigenvalue weighted by molar-refractivity contribution is 0.446. The maximum absolute atomic E-state index is 13.0. The third-order valence-electron chi connectivity index (χ3n) is 5.22. The van der Waals surface area contributed by atoms with Crippen molar-refractivity contribution in [1.82, 2.24) is 14.5 Å². The largest absolute Gasteiger partial charge is 0.266 e. The zero-order valence-electron chi connectivity index (χ0n) is 14.7. The van der Waals surface area contributed by atoms with Gasteiger partial charge >= 0.3 is 0 Å². The Balaban J connectivity index is 1.43. The highest BCUT2D eigenvalue weighted by Crippen LogP contribution is 2.43. The van der Waals surface area contributed by atoms with E-state index in [2.05, 4.69) is 15.5 Å². The molecule has 1 aromatic carbocycles. The number of hydrogen-bond acceptors (Lipinski definition) is 3. The van der Waals surface area contributed by atoms with E-state index in [1.165, 1.54) is 55.6 Å². The summed E-state index contributed by atoms with van der Waals surface area (Å²) in [6.07, 6.45) is 7.22. The Morgan fingerprint density at radius 1 is 1.12 bits per heavy atom. The third kappa shape index (κ3) is 4.15. The highest BCUT2D eigenvalue weighted by atomic mass is 32.2. The topological polar surface area (TPSA) is 64.0 Å². The first kappa shape index (κ1) is 17.7. The highest BCUT2D eigenvalue weighted by molar-refractivity contribution is 7.88. The maximum Gasteiger partial charge on any atom is 0.216 e. The summed E-state index contributed by atoms with van der Waals surface area (Å²) in [5, 5.41) is 4.72. The molecule has 1 heterocycles. The second-order valence-corrected chi connectivity index (χ2v) is 9.23. The van der Waals surface area contributed by atoms with Crippen LogP contribution >= 0.6 is 0 Å². The van der Waals surface area contributed by atoms with Crippen LogP contribution in [0.25, 0.3) is 0 Å². The summed E-state index contributed by atoms with van der Waals surface area (Å²) < 4.78 is 42.4. The van der Waals surface area contributed by atoms with E-state index in [4.69, 9.17) is 5.10 Å². The highest BCUT2D eigenvalue weighted by Gasteiger charge is 2.31. The predicted molar refractivity (Wildman–Crippen MR) is 97.6 cm³/mol. The summed E-state index contributed by atoms with van der Waals surface area (Å²) in [7, 11) is -3.49. The number of rotatable bonds is 7. The molecule has 4 rings (SSSR count). The van der Waals surface area contributed by atoms with Crippen molar-refractivity contribution in [3.63, 3.8) is 0 Å². The Morgan fingerprint density at radius 3 is 2.46 bits per heavy atom. The molecule has 0 aliphatic heterocycles. The standard InChI is InChI=1S/C19H24FN3O2S/c20-16-9-5-14(6-10-16)13-26(24,25)21-12-17-11-19(15-7-8-15)23(22-17)18-3-1-2-4-18/h5-6,9-11,15,18,21H,1-4,7-8,12-13H2. The normalized spacial score (nSPS) is 18.5. The Kier molecular flexibility index (Phi) is 4.84. The summed E-state index contributed by atoms with van der Waals surface area (Å²) in [5.41, 5.74) is 2.61. The molecule has 0 spiro atoms. The van der Waals surface area contributed by atoms with Gasteiger partial charge in [0, 0.05) is 11.6 Å². The summed E-state index contributed by atoms with van der Waals surface area (Å²) in [4.78, 5) is 0. The Labute approximate surface area is 153 Å². The summed E-state index contributed by atoms with van der Waals surface area (Å²) in [6.45, 7) is 0.197. The fourth-order valence-electron chi connectivity index (χ4n) is 3.71. The molecule has 140 valence electrons. The lowest BCUT2D eigenvalue weighted by atomic mass is 10.2. The van der Waals surface area contributed by atoms with Gasteiger partial charge in [0.05, 0.1) is 24.0 Å². The van der Waals surface area contributed by atoms with Crippen LogP contribution in [-0.2, 0) is 22.3 Å². The first-order chi connectivity index (χ1) is 12.5. The quantitative estimate of drug-likeness (QED) is 0.801. The fraction of sp³-hybridized carbons (Fsp3) is 0.526. The molecule has 2 fully saturated rings. The van der Waals surface area contributed by atoms with Crippen LogP contribution < -0.4 is 4.72 Å². The molecule has 1 N–H and O–H groups in total. The van der Waals surface area contributed by atoms with Crippen molar-refractivity contribution in [2.45, 2.75) is 62.8 Å². The molecule has 1 aromatic heterocycles. The van der Waals surface area contributed by atoms with Gasteiger partial charge in [0.1, 0.15) is 5.82 Å². The molecule has 2 aliphatic carbocycles. The van der Waals surface area contributed by atoms with Gasteiger partial charge in [-0.15, -0.1) is 0 Å². The van der Waals surface area contributed by atoms with Gasteiger partial charge in [-0.3, -0.25) is 4.68 Å². The number of halogens is 1. The first-order valence-corrected chi connectivity index (χ1v) is 11.0. The minimum Gasteiger partial charge on any atom is -0.266 e. The lowest BCUT2D eigenvalue weighted by Gasteiger charge is -2.13. The molecular formula is C19H24FN3O2S. The van der Waals surface area contributed by atoms with E-state index in [1.807, 2.05) is 0 Å². The van der Waals surface area contributed by atoms with Crippen LogP contribution in [-0.4, -0.2) is 18.2 Å². The van der Waals surface area contributed by atoms with Crippen LogP contribution in [0.2, 0.25) is 0 Å². The summed E-state index contributed by atoms with van der Waals surface area (Å²) in [5.74, 6) is 0.0587. The Bertz CT molecular complexity index is 867. The molecule has 5 nitrogen and oxygen atoms in total. The van der Waals surface area contributed by atoms with Crippen LogP contribution in [0.15, 0.2) is 30.3 Å². The SMILES string of the molecule is O=S(=O)(Cc1ccc(F)cc1)NCc1cc(C2CC2)n(C2CCCC2)n1. The summed E-state index contributed by atoms with van der Waals surface area (Å²) >= 11 is 0. The molecule has 0 unspecified atom stereocenters. The molecular weight excluding hydrogens is 353 g/mol. The van der Waals surface area contributed by atoms with Crippen molar-refractivity contribution < 1.29 is 12.8 Å². The molecule has 0 amide bonds. The molecule has 26 heavy (non-hydrogen) atoms. The maximum atomic E-state index is 13.0. The smallest absolute Gasteiger partial charge is 0.216 e. The molecule has 0 bridgehead atoms. The van der Waals surface area contributed by atoms with Gasteiger partial charge < -0.3 is 0 Å². The molecule has 0 radical (unpaired) electrons. The van der Waals surface area contributed by atoms with Gasteiger partial charge in [-0.1, -0.05) is 25.0 Å². The number of benzene rings is 1. The average Bonchev–Trinajstić information content (AvgIpc) is 3.14. The zero-order valence-corrected chi connectivity index (χ0v) is 15.5. The molecule has 2 aliphatic rings. The van der Waals surface area contributed by atoms with E-state index in [9.17, 15) is 12.8 Å². The second-order valence-electron chi connectivity index (χ2n) is 7.42. The van der Waals surface area contributed by atoms with Gasteiger partial charge in [0.25, 0.3) is 0 Å². The van der Waals surface area contributed by atoms with Gasteiger partial charge in [0.2, 0.25) is 10.0 Å². The molecule has 2 saturated carbocycles. The minimum absolute atomic E-state index is 0.161. The second kappa shape index (κ2) is 7.12. The number of sulfonamides is 1. The van der Waals surface area contributed by atoms with Crippen molar-refractivity contribution >= 4 is 10.0 Å². The molecule has 2 aromatic rings. The zero-order chi connectivity index (χ0) is 18.1. The van der Waals surface area contributed by atoms with E-state index in [1.54, 1.807) is 0 Å². The lowest BCUT2D eigenvalue weighted by Crippen LogP contribution is -2.25. The van der Waals surface area contributed by atoms with Crippen molar-refractivity contribution in [3.8, 4) is 0 Å². The van der Waals surface area contributed by atoms with E-state index in [-0.39, 0.29) is 18.1 Å². The van der Waals surface area contributed by atoms with Gasteiger partial charge in [0.15, 0.2) is 0 Å². The van der Waals surface area contributed by atoms with Crippen molar-refractivity contribution in [2.75, 3.05) is 0 Å². The van der Waals surface area contributed by atoms with Crippen LogP contribution in [0.1, 0.15) is 67.4 Å². The number of nitrogens with one attached hydrogen (secondary N) is 1. The number of nitrogens with zero attached hydrogens (tertiary/aromatic N) is 2. The number of aromatic nitrogens is 2. The third-order valence-corrected chi connectivity index (χ3v) is 6.52. The minimum atomic E-state index is -3.49. The Hall–Kier alpha value is -1.73. The van der Waals surface area contributed by atoms with Gasteiger partial charge in [-0.2, -0.15) is 5.10 Å². The summed E-state index contributed by atoms with van der Waals surface area (Å²) in [6, 6.07) is 8.07. The Morgan fingerprint density at radius 2 is 1.81 bits per heavy atom. The van der Waals surface area contributed by atoms with Crippen LogP contribution in [0.3, 0.4) is 0 Å². The van der Waals surface area contributed by atoms with Gasteiger partial charge in [-0.05, 0) is 49.4 Å². The average molecular weight is 377 g/mol. The van der Waals surface area contributed by atoms with Crippen LogP contribution in [0, 0.1) is 5.82 Å². The number of hydrogen-bond donors (Lipinski definition) is 1. The molecule has 0 saturated heterocycles. The predicted octanol–water partition coefficient (Wildman–Crippen LogP) is 3.63. The first-order valence-electron chi connectivity index (χ1n) is 9.30. The van der Waals surface area contributed by atoms with Crippen molar-refractivity contribution in [1.29, 1.82) is 0 Å². The van der Waals surface area contributed by atoms with Crippen LogP contribution in [0.4, 0.5) is 4.39 Å². The van der Waals surface area contributed by atoms with Crippen LogP contribution in [0.5, 0.6) is 0 Å². The molecule has 7 heteroatoms. The monoisotopic (exact) mass is 377 g/mol. The fourth-order valence-corrected chi connectivity index (χ4v) is 4.81. The van der Waals surface area contributed by atoms with Crippen molar-refractivity contribution in [2.24, 2.45) is 0 Å². The van der Waals surface area contributed by atoms with E-state index < -0.39 is 10.0 Å². The van der Waals surface area contributed by atoms with E-state index in [0.717, 1.165) is 18.5 Å². The molecule has 0 atom stereocenters.